The molecule has 108 valence electrons. The number of fused-ring (bicyclic) bond motifs is 2. The molecule has 0 heterocycles. The predicted octanol–water partition coefficient (Wildman–Crippen LogP) is 3.63. The molecule has 1 spiro atoms. The maximum atomic E-state index is 11.2. The summed E-state index contributed by atoms with van der Waals surface area (Å²) in [6.07, 6.45) is 7.61. The van der Waals surface area contributed by atoms with Crippen LogP contribution in [0.3, 0.4) is 0 Å². The topological polar surface area (TPSA) is 57.5 Å². The van der Waals surface area contributed by atoms with E-state index in [4.69, 9.17) is 0 Å². The third kappa shape index (κ3) is 2.09. The summed E-state index contributed by atoms with van der Waals surface area (Å²) >= 11 is 0. The van der Waals surface area contributed by atoms with Crippen LogP contribution in [0.2, 0.25) is 0 Å². The molecule has 1 fully saturated rings. The van der Waals surface area contributed by atoms with Gasteiger partial charge in [0.05, 0.1) is 0 Å². The van der Waals surface area contributed by atoms with E-state index in [0.717, 1.165) is 44.1 Å². The van der Waals surface area contributed by atoms with Crippen LogP contribution in [0.5, 0.6) is 5.75 Å². The largest absolute Gasteiger partial charge is 0.508 e. The minimum atomic E-state index is -0.709. The summed E-state index contributed by atoms with van der Waals surface area (Å²) in [5.74, 6) is -0.167. The third-order valence-corrected chi connectivity index (χ3v) is 5.34. The molecule has 1 aromatic rings. The Morgan fingerprint density at radius 1 is 1.25 bits per heavy atom. The first kappa shape index (κ1) is 13.5. The van der Waals surface area contributed by atoms with Crippen LogP contribution in [0.4, 0.5) is 0 Å². The van der Waals surface area contributed by atoms with Crippen molar-refractivity contribution in [1.29, 1.82) is 0 Å². The number of rotatable bonds is 2. The van der Waals surface area contributed by atoms with Gasteiger partial charge in [-0.15, -0.1) is 0 Å². The lowest BCUT2D eigenvalue weighted by molar-refractivity contribution is -0.139. The maximum absolute atomic E-state index is 11.2. The number of benzene rings is 1. The molecule has 0 saturated heterocycles. The first-order valence-electron chi connectivity index (χ1n) is 7.66. The van der Waals surface area contributed by atoms with Crippen LogP contribution in [-0.2, 0) is 16.6 Å². The molecular weight excluding hydrogens is 252 g/mol. The van der Waals surface area contributed by atoms with Crippen LogP contribution < -0.4 is 0 Å². The predicted molar refractivity (Wildman–Crippen MR) is 76.9 cm³/mol. The summed E-state index contributed by atoms with van der Waals surface area (Å²) < 4.78 is 0. The van der Waals surface area contributed by atoms with E-state index in [-0.39, 0.29) is 17.8 Å². The third-order valence-electron chi connectivity index (χ3n) is 5.34. The fourth-order valence-corrected chi connectivity index (χ4v) is 4.53. The van der Waals surface area contributed by atoms with Crippen LogP contribution in [0.25, 0.3) is 0 Å². The van der Waals surface area contributed by atoms with Gasteiger partial charge in [-0.05, 0) is 43.2 Å². The molecule has 3 nitrogen and oxygen atoms in total. The van der Waals surface area contributed by atoms with Gasteiger partial charge in [0.25, 0.3) is 0 Å². The number of carboxylic acid groups (broad SMARTS) is 1. The Hall–Kier alpha value is -1.51. The monoisotopic (exact) mass is 274 g/mol. The van der Waals surface area contributed by atoms with E-state index in [1.807, 2.05) is 6.07 Å². The van der Waals surface area contributed by atoms with Gasteiger partial charge >= 0.3 is 5.97 Å². The SMILES string of the molecule is O=C(O)CC1CCc2cccc(O)c2C12CCCCC2. The molecule has 1 saturated carbocycles. The number of phenols is 1. The van der Waals surface area contributed by atoms with Crippen molar-refractivity contribution in [1.82, 2.24) is 0 Å². The van der Waals surface area contributed by atoms with Gasteiger partial charge < -0.3 is 10.2 Å². The van der Waals surface area contributed by atoms with Crippen LogP contribution in [0.15, 0.2) is 18.2 Å². The second kappa shape index (κ2) is 5.12. The summed E-state index contributed by atoms with van der Waals surface area (Å²) in [5.41, 5.74) is 2.20. The van der Waals surface area contributed by atoms with Gasteiger partial charge in [0, 0.05) is 17.4 Å². The molecule has 2 aliphatic carbocycles. The number of aryl methyl sites for hydroxylation is 1. The van der Waals surface area contributed by atoms with E-state index < -0.39 is 5.97 Å². The fourth-order valence-electron chi connectivity index (χ4n) is 4.53. The zero-order valence-electron chi connectivity index (χ0n) is 11.8. The molecule has 0 radical (unpaired) electrons. The Morgan fingerprint density at radius 2 is 2.00 bits per heavy atom. The lowest BCUT2D eigenvalue weighted by Gasteiger charge is -2.48. The van der Waals surface area contributed by atoms with Crippen LogP contribution in [-0.4, -0.2) is 16.2 Å². The van der Waals surface area contributed by atoms with Crippen molar-refractivity contribution < 1.29 is 15.0 Å². The molecule has 1 aromatic carbocycles. The highest BCUT2D eigenvalue weighted by Crippen LogP contribution is 2.54. The molecule has 0 aliphatic heterocycles. The molecule has 0 amide bonds. The zero-order valence-corrected chi connectivity index (χ0v) is 11.8. The van der Waals surface area contributed by atoms with Gasteiger partial charge in [-0.1, -0.05) is 31.4 Å². The summed E-state index contributed by atoms with van der Waals surface area (Å²) in [6.45, 7) is 0. The zero-order chi connectivity index (χ0) is 14.2. The molecule has 0 aromatic heterocycles. The Bertz CT molecular complexity index is 515. The molecule has 1 atom stereocenters. The highest BCUT2D eigenvalue weighted by Gasteiger charge is 2.46. The van der Waals surface area contributed by atoms with Crippen molar-refractivity contribution in [3.8, 4) is 5.75 Å². The highest BCUT2D eigenvalue weighted by atomic mass is 16.4. The van der Waals surface area contributed by atoms with E-state index in [2.05, 4.69) is 6.07 Å². The fraction of sp³-hybridized carbons (Fsp3) is 0.588. The number of phenolic OH excluding ortho intramolecular Hbond substituents is 1. The Balaban J connectivity index is 2.09. The molecule has 2 N–H and O–H groups in total. The lowest BCUT2D eigenvalue weighted by atomic mass is 9.56. The molecule has 1 unspecified atom stereocenters. The average Bonchev–Trinajstić information content (AvgIpc) is 2.43. The van der Waals surface area contributed by atoms with Gasteiger partial charge in [0.1, 0.15) is 5.75 Å². The minimum absolute atomic E-state index is 0.102. The maximum Gasteiger partial charge on any atom is 0.303 e. The van der Waals surface area contributed by atoms with Crippen molar-refractivity contribution in [2.45, 2.75) is 56.8 Å². The summed E-state index contributed by atoms with van der Waals surface area (Å²) in [4.78, 5) is 11.2. The molecule has 0 bridgehead atoms. The normalized spacial score (nSPS) is 24.3. The van der Waals surface area contributed by atoms with Gasteiger partial charge in [-0.2, -0.15) is 0 Å². The molecule has 3 rings (SSSR count). The van der Waals surface area contributed by atoms with Gasteiger partial charge in [0.15, 0.2) is 0 Å². The second-order valence-electron chi connectivity index (χ2n) is 6.36. The molecule has 20 heavy (non-hydrogen) atoms. The highest BCUT2D eigenvalue weighted by molar-refractivity contribution is 5.67. The number of hydrogen-bond donors (Lipinski definition) is 2. The van der Waals surface area contributed by atoms with Crippen LogP contribution in [0.1, 0.15) is 56.1 Å². The number of carboxylic acids is 1. The van der Waals surface area contributed by atoms with Crippen LogP contribution in [0, 0.1) is 5.92 Å². The van der Waals surface area contributed by atoms with Crippen molar-refractivity contribution in [3.05, 3.63) is 29.3 Å². The van der Waals surface area contributed by atoms with E-state index in [0.29, 0.717) is 5.75 Å². The molecular formula is C17H22O3. The van der Waals surface area contributed by atoms with Crippen molar-refractivity contribution >= 4 is 5.97 Å². The smallest absolute Gasteiger partial charge is 0.303 e. The Kier molecular flexibility index (Phi) is 3.45. The van der Waals surface area contributed by atoms with Crippen molar-refractivity contribution in [3.63, 3.8) is 0 Å². The first-order valence-corrected chi connectivity index (χ1v) is 7.66. The summed E-state index contributed by atoms with van der Waals surface area (Å²) in [7, 11) is 0. The Labute approximate surface area is 119 Å². The van der Waals surface area contributed by atoms with Crippen molar-refractivity contribution in [2.24, 2.45) is 5.92 Å². The second-order valence-corrected chi connectivity index (χ2v) is 6.36. The van der Waals surface area contributed by atoms with E-state index in [1.54, 1.807) is 6.07 Å². The van der Waals surface area contributed by atoms with Crippen LogP contribution >= 0.6 is 0 Å². The van der Waals surface area contributed by atoms with Gasteiger partial charge in [-0.3, -0.25) is 4.79 Å². The van der Waals surface area contributed by atoms with Gasteiger partial charge in [-0.25, -0.2) is 0 Å². The Morgan fingerprint density at radius 3 is 2.70 bits per heavy atom. The number of aromatic hydroxyl groups is 1. The van der Waals surface area contributed by atoms with E-state index in [9.17, 15) is 15.0 Å². The molecule has 3 heteroatoms. The van der Waals surface area contributed by atoms with Crippen molar-refractivity contribution in [2.75, 3.05) is 0 Å². The number of aliphatic carboxylic acids is 1. The van der Waals surface area contributed by atoms with Gasteiger partial charge in [0.2, 0.25) is 0 Å². The lowest BCUT2D eigenvalue weighted by Crippen LogP contribution is -2.42. The number of carbonyl (C=O) groups is 1. The standard InChI is InChI=1S/C17H22O3/c18-14-6-4-5-12-7-8-13(11-15(19)20)17(16(12)14)9-2-1-3-10-17/h4-6,13,18H,1-3,7-11H2,(H,19,20). The first-order chi connectivity index (χ1) is 9.63. The summed E-state index contributed by atoms with van der Waals surface area (Å²) in [5, 5.41) is 19.6. The minimum Gasteiger partial charge on any atom is -0.508 e. The average molecular weight is 274 g/mol. The van der Waals surface area contributed by atoms with E-state index >= 15 is 0 Å². The number of hydrogen-bond acceptors (Lipinski definition) is 2. The van der Waals surface area contributed by atoms with E-state index in [1.165, 1.54) is 12.0 Å². The molecule has 2 aliphatic rings. The quantitative estimate of drug-likeness (QED) is 0.865. The summed E-state index contributed by atoms with van der Waals surface area (Å²) in [6, 6.07) is 5.77.